The molecule has 0 bridgehead atoms. The summed E-state index contributed by atoms with van der Waals surface area (Å²) < 4.78 is 71.6. The Balaban J connectivity index is 1.39. The van der Waals surface area contributed by atoms with Crippen LogP contribution < -0.4 is 10.1 Å². The fourth-order valence-electron chi connectivity index (χ4n) is 4.20. The van der Waals surface area contributed by atoms with Crippen LogP contribution in [0, 0.1) is 5.41 Å². The van der Waals surface area contributed by atoms with E-state index < -0.39 is 24.8 Å². The van der Waals surface area contributed by atoms with Crippen molar-refractivity contribution in [3.63, 3.8) is 0 Å². The Kier molecular flexibility index (Phi) is 7.41. The second kappa shape index (κ2) is 10.9. The lowest BCUT2D eigenvalue weighted by atomic mass is 10.1. The Hall–Kier alpha value is -4.49. The summed E-state index contributed by atoms with van der Waals surface area (Å²) in [6, 6.07) is 6.31. The highest BCUT2D eigenvalue weighted by Gasteiger charge is 2.35. The van der Waals surface area contributed by atoms with E-state index in [1.165, 1.54) is 31.8 Å². The van der Waals surface area contributed by atoms with E-state index in [-0.39, 0.29) is 23.9 Å². The lowest BCUT2D eigenvalue weighted by Crippen LogP contribution is -2.08. The van der Waals surface area contributed by atoms with Crippen molar-refractivity contribution in [2.75, 3.05) is 12.4 Å². The first kappa shape index (κ1) is 27.1. The molecule has 9 nitrogen and oxygen atoms in total. The average Bonchev–Trinajstić information content (AvgIpc) is 3.70. The second-order valence-corrected chi connectivity index (χ2v) is 9.10. The molecule has 2 N–H and O–H groups in total. The number of aromatic nitrogens is 6. The molecule has 0 spiro atoms. The van der Waals surface area contributed by atoms with Gasteiger partial charge in [-0.15, -0.1) is 0 Å². The standard InChI is InChI=1S/C26H23F5N8O/c1-40-25-20(21(15-6-7-15)35-13-36-25)23-34-10-17(8-32)22(38-23)33-9-14-2-4-16(5-3-14)24-37-18(26(29,30)31)11-39(24)12-19(27)28/h2-5,8,10-11,13,15,19,32H,6-7,9,12H2,1H3,(H,33,34,38). The summed E-state index contributed by atoms with van der Waals surface area (Å²) in [4.78, 5) is 21.2. The second-order valence-electron chi connectivity index (χ2n) is 9.10. The van der Waals surface area contributed by atoms with Gasteiger partial charge in [-0.1, -0.05) is 24.3 Å². The van der Waals surface area contributed by atoms with Gasteiger partial charge in [0, 0.05) is 36.6 Å². The van der Waals surface area contributed by atoms with Gasteiger partial charge in [-0.3, -0.25) is 0 Å². The van der Waals surface area contributed by atoms with Gasteiger partial charge in [0.15, 0.2) is 11.5 Å². The van der Waals surface area contributed by atoms with Crippen LogP contribution in [0.5, 0.6) is 5.88 Å². The van der Waals surface area contributed by atoms with Crippen LogP contribution in [0.3, 0.4) is 0 Å². The molecular weight excluding hydrogens is 535 g/mol. The maximum atomic E-state index is 13.2. The maximum Gasteiger partial charge on any atom is 0.434 e. The summed E-state index contributed by atoms with van der Waals surface area (Å²) >= 11 is 0. The summed E-state index contributed by atoms with van der Waals surface area (Å²) in [5.74, 6) is 1.13. The molecule has 0 atom stereocenters. The first-order chi connectivity index (χ1) is 19.2. The van der Waals surface area contributed by atoms with Gasteiger partial charge in [0.2, 0.25) is 5.88 Å². The van der Waals surface area contributed by atoms with Crippen LogP contribution in [0.4, 0.5) is 27.8 Å². The van der Waals surface area contributed by atoms with Gasteiger partial charge in [0.25, 0.3) is 6.43 Å². The number of nitrogens with one attached hydrogen (secondary N) is 2. The molecule has 3 heterocycles. The van der Waals surface area contributed by atoms with Crippen molar-refractivity contribution >= 4 is 12.0 Å². The quantitative estimate of drug-likeness (QED) is 0.193. The number of halogens is 5. The normalized spacial score (nSPS) is 13.5. The van der Waals surface area contributed by atoms with Crippen molar-refractivity contribution in [2.24, 2.45) is 0 Å². The minimum atomic E-state index is -4.76. The Morgan fingerprint density at radius 1 is 1.12 bits per heavy atom. The van der Waals surface area contributed by atoms with Crippen LogP contribution in [-0.4, -0.2) is 49.2 Å². The summed E-state index contributed by atoms with van der Waals surface area (Å²) in [5.41, 5.74) is 1.56. The molecule has 0 saturated heterocycles. The number of ether oxygens (including phenoxy) is 1. The number of imidazole rings is 1. The molecule has 1 aromatic carbocycles. The molecular formula is C26H23F5N8O. The Morgan fingerprint density at radius 3 is 2.50 bits per heavy atom. The predicted molar refractivity (Wildman–Crippen MR) is 135 cm³/mol. The van der Waals surface area contributed by atoms with Crippen molar-refractivity contribution in [2.45, 2.75) is 44.5 Å². The monoisotopic (exact) mass is 558 g/mol. The summed E-state index contributed by atoms with van der Waals surface area (Å²) in [6.45, 7) is -0.668. The van der Waals surface area contributed by atoms with E-state index in [4.69, 9.17) is 10.1 Å². The summed E-state index contributed by atoms with van der Waals surface area (Å²) in [6.07, 6.45) is -0.981. The first-order valence-corrected chi connectivity index (χ1v) is 12.2. The molecule has 0 aliphatic heterocycles. The van der Waals surface area contributed by atoms with E-state index in [9.17, 15) is 22.0 Å². The highest BCUT2D eigenvalue weighted by atomic mass is 19.4. The van der Waals surface area contributed by atoms with E-state index in [0.29, 0.717) is 34.8 Å². The van der Waals surface area contributed by atoms with Crippen LogP contribution in [0.25, 0.3) is 22.8 Å². The van der Waals surface area contributed by atoms with Gasteiger partial charge < -0.3 is 20.0 Å². The van der Waals surface area contributed by atoms with Gasteiger partial charge in [-0.2, -0.15) is 13.2 Å². The Labute approximate surface area is 225 Å². The number of anilines is 1. The van der Waals surface area contributed by atoms with Crippen molar-refractivity contribution in [1.29, 1.82) is 5.41 Å². The molecule has 0 radical (unpaired) electrons. The number of nitrogens with zero attached hydrogens (tertiary/aromatic N) is 6. The molecule has 208 valence electrons. The minimum absolute atomic E-state index is 0.204. The van der Waals surface area contributed by atoms with Crippen LogP contribution in [0.2, 0.25) is 0 Å². The smallest absolute Gasteiger partial charge is 0.434 e. The molecule has 14 heteroatoms. The van der Waals surface area contributed by atoms with E-state index >= 15 is 0 Å². The van der Waals surface area contributed by atoms with E-state index in [2.05, 4.69) is 30.2 Å². The van der Waals surface area contributed by atoms with Gasteiger partial charge in [0.1, 0.15) is 23.5 Å². The highest BCUT2D eigenvalue weighted by Crippen LogP contribution is 2.45. The fourth-order valence-corrected chi connectivity index (χ4v) is 4.20. The lowest BCUT2D eigenvalue weighted by molar-refractivity contribution is -0.140. The number of methoxy groups -OCH3 is 1. The molecule has 0 unspecified atom stereocenters. The molecule has 1 aliphatic carbocycles. The molecule has 1 saturated carbocycles. The third kappa shape index (κ3) is 5.75. The number of hydrogen-bond donors (Lipinski definition) is 2. The zero-order chi connectivity index (χ0) is 28.4. The average molecular weight is 559 g/mol. The SMILES string of the molecule is COc1ncnc(C2CC2)c1-c1ncc(C=N)c(NCc2ccc(-c3nc(C(F)(F)F)cn3CC(F)F)cc2)n1. The Bertz CT molecular complexity index is 1520. The topological polar surface area (TPSA) is 114 Å². The van der Waals surface area contributed by atoms with Crippen LogP contribution in [-0.2, 0) is 19.3 Å². The summed E-state index contributed by atoms with van der Waals surface area (Å²) in [5, 5.41) is 10.9. The molecule has 5 rings (SSSR count). The van der Waals surface area contributed by atoms with Crippen molar-refractivity contribution < 1.29 is 26.7 Å². The highest BCUT2D eigenvalue weighted by molar-refractivity contribution is 5.84. The third-order valence-electron chi connectivity index (χ3n) is 6.27. The Morgan fingerprint density at radius 2 is 1.88 bits per heavy atom. The van der Waals surface area contributed by atoms with E-state index in [1.807, 2.05) is 0 Å². The molecule has 40 heavy (non-hydrogen) atoms. The van der Waals surface area contributed by atoms with Crippen molar-refractivity contribution in [1.82, 2.24) is 29.5 Å². The zero-order valence-electron chi connectivity index (χ0n) is 21.1. The molecule has 0 amide bonds. The maximum absolute atomic E-state index is 13.2. The van der Waals surface area contributed by atoms with E-state index in [0.717, 1.165) is 34.9 Å². The van der Waals surface area contributed by atoms with Crippen LogP contribution >= 0.6 is 0 Å². The molecule has 3 aromatic heterocycles. The fraction of sp³-hybridized carbons (Fsp3) is 0.308. The number of alkyl halides is 5. The van der Waals surface area contributed by atoms with Gasteiger partial charge >= 0.3 is 6.18 Å². The van der Waals surface area contributed by atoms with Crippen LogP contribution in [0.1, 0.15) is 41.3 Å². The lowest BCUT2D eigenvalue weighted by Gasteiger charge is -2.13. The van der Waals surface area contributed by atoms with Crippen LogP contribution in [0.15, 0.2) is 43.0 Å². The predicted octanol–water partition coefficient (Wildman–Crippen LogP) is 5.58. The van der Waals surface area contributed by atoms with E-state index in [1.54, 1.807) is 12.1 Å². The van der Waals surface area contributed by atoms with Gasteiger partial charge in [-0.05, 0) is 18.4 Å². The molecule has 4 aromatic rings. The molecule has 1 fully saturated rings. The largest absolute Gasteiger partial charge is 0.480 e. The zero-order valence-corrected chi connectivity index (χ0v) is 21.1. The number of benzene rings is 1. The van der Waals surface area contributed by atoms with Gasteiger partial charge in [0.05, 0.1) is 24.9 Å². The van der Waals surface area contributed by atoms with Gasteiger partial charge in [-0.25, -0.2) is 33.7 Å². The third-order valence-corrected chi connectivity index (χ3v) is 6.27. The summed E-state index contributed by atoms with van der Waals surface area (Å²) in [7, 11) is 1.50. The number of rotatable bonds is 10. The molecule has 1 aliphatic rings. The number of hydrogen-bond acceptors (Lipinski definition) is 8. The van der Waals surface area contributed by atoms with Crippen molar-refractivity contribution in [3.8, 4) is 28.7 Å². The van der Waals surface area contributed by atoms with Crippen molar-refractivity contribution in [3.05, 3.63) is 65.5 Å². The minimum Gasteiger partial charge on any atom is -0.480 e. The first-order valence-electron chi connectivity index (χ1n) is 12.2.